The third kappa shape index (κ3) is 2.70. The summed E-state index contributed by atoms with van der Waals surface area (Å²) in [6.45, 7) is 0. The smallest absolute Gasteiger partial charge is 0.338 e. The lowest BCUT2D eigenvalue weighted by Gasteiger charge is -2.14. The van der Waals surface area contributed by atoms with Crippen molar-refractivity contribution >= 4 is 17.3 Å². The number of rotatable bonds is 4. The molecule has 0 saturated carbocycles. The van der Waals surface area contributed by atoms with Crippen LogP contribution in [0.2, 0.25) is 0 Å². The average molecular weight is 266 g/mol. The Labute approximate surface area is 107 Å². The number of carboxylic acid groups (broad SMARTS) is 1. The summed E-state index contributed by atoms with van der Waals surface area (Å²) in [4.78, 5) is 21.0. The Morgan fingerprint density at radius 3 is 2.58 bits per heavy atom. The zero-order valence-electron chi connectivity index (χ0n) is 9.80. The molecule has 0 radical (unpaired) electrons. The molecule has 0 atom stereocenters. The number of halogens is 1. The second kappa shape index (κ2) is 5.05. The molecule has 2 N–H and O–H groups in total. The number of carboxylic acids is 1. The number of hydrogen-bond donors (Lipinski definition) is 2. The molecule has 1 aliphatic rings. The molecular weight excluding hydrogens is 255 g/mol. The lowest BCUT2D eigenvalue weighted by molar-refractivity contribution is -0.384. The van der Waals surface area contributed by atoms with Crippen LogP contribution >= 0.6 is 0 Å². The van der Waals surface area contributed by atoms with Gasteiger partial charge in [-0.15, -0.1) is 0 Å². The zero-order valence-corrected chi connectivity index (χ0v) is 9.80. The molecule has 0 fully saturated rings. The number of carbonyl (C=O) groups is 1. The van der Waals surface area contributed by atoms with Gasteiger partial charge in [0, 0.05) is 18.2 Å². The molecule has 100 valence electrons. The highest BCUT2D eigenvalue weighted by molar-refractivity contribution is 5.90. The van der Waals surface area contributed by atoms with Gasteiger partial charge in [-0.3, -0.25) is 10.1 Å². The van der Waals surface area contributed by atoms with Crippen molar-refractivity contribution in [3.05, 3.63) is 45.8 Å². The van der Waals surface area contributed by atoms with Crippen LogP contribution in [-0.4, -0.2) is 22.0 Å². The predicted molar refractivity (Wildman–Crippen MR) is 65.8 cm³/mol. The van der Waals surface area contributed by atoms with Gasteiger partial charge in [0.15, 0.2) is 0 Å². The minimum Gasteiger partial charge on any atom is -0.478 e. The van der Waals surface area contributed by atoms with E-state index in [1.165, 1.54) is 0 Å². The average Bonchev–Trinajstić information content (AvgIpc) is 2.81. The molecule has 0 aliphatic heterocycles. The molecule has 0 heterocycles. The summed E-state index contributed by atoms with van der Waals surface area (Å²) in [6, 6.07) is 1.57. The Morgan fingerprint density at radius 2 is 2.05 bits per heavy atom. The van der Waals surface area contributed by atoms with E-state index in [9.17, 15) is 19.3 Å². The van der Waals surface area contributed by atoms with Crippen molar-refractivity contribution in [1.82, 2.24) is 0 Å². The van der Waals surface area contributed by atoms with Crippen LogP contribution in [0, 0.1) is 15.9 Å². The number of hydrogen-bond acceptors (Lipinski definition) is 4. The summed E-state index contributed by atoms with van der Waals surface area (Å²) in [5.74, 6) is -2.53. The SMILES string of the molecule is O=C(O)c1cc([N+](=O)[O-])c(NC2CC=CC2)cc1F. The molecule has 2 rings (SSSR count). The fourth-order valence-corrected chi connectivity index (χ4v) is 1.95. The van der Waals surface area contributed by atoms with E-state index in [1.54, 1.807) is 0 Å². The van der Waals surface area contributed by atoms with E-state index in [0.717, 1.165) is 12.1 Å². The number of aromatic carboxylic acids is 1. The Bertz CT molecular complexity index is 563. The van der Waals surface area contributed by atoms with Crippen molar-refractivity contribution in [2.45, 2.75) is 18.9 Å². The van der Waals surface area contributed by atoms with Gasteiger partial charge in [-0.2, -0.15) is 0 Å². The maximum atomic E-state index is 13.6. The second-order valence-corrected chi connectivity index (χ2v) is 4.20. The van der Waals surface area contributed by atoms with Crippen molar-refractivity contribution in [3.8, 4) is 0 Å². The van der Waals surface area contributed by atoms with Gasteiger partial charge in [-0.25, -0.2) is 9.18 Å². The summed E-state index contributed by atoms with van der Waals surface area (Å²) in [7, 11) is 0. The Morgan fingerprint density at radius 1 is 1.42 bits per heavy atom. The molecule has 19 heavy (non-hydrogen) atoms. The van der Waals surface area contributed by atoms with Crippen LogP contribution < -0.4 is 5.32 Å². The first-order chi connectivity index (χ1) is 8.99. The second-order valence-electron chi connectivity index (χ2n) is 4.20. The van der Waals surface area contributed by atoms with Crippen LogP contribution in [0.25, 0.3) is 0 Å². The summed E-state index contributed by atoms with van der Waals surface area (Å²) < 4.78 is 13.6. The molecule has 1 aromatic rings. The van der Waals surface area contributed by atoms with E-state index in [-0.39, 0.29) is 11.7 Å². The first-order valence-electron chi connectivity index (χ1n) is 5.62. The summed E-state index contributed by atoms with van der Waals surface area (Å²) >= 11 is 0. The highest BCUT2D eigenvalue weighted by Gasteiger charge is 2.23. The maximum Gasteiger partial charge on any atom is 0.338 e. The quantitative estimate of drug-likeness (QED) is 0.496. The molecule has 0 bridgehead atoms. The standard InChI is InChI=1S/C12H11FN2O4/c13-9-6-10(14-7-3-1-2-4-7)11(15(18)19)5-8(9)12(16)17/h1-2,5-7,14H,3-4H2,(H,16,17). The molecule has 0 amide bonds. The van der Waals surface area contributed by atoms with Gasteiger partial charge in [0.1, 0.15) is 17.1 Å². The molecule has 7 heteroatoms. The van der Waals surface area contributed by atoms with Crippen LogP contribution in [0.15, 0.2) is 24.3 Å². The third-order valence-corrected chi connectivity index (χ3v) is 2.88. The van der Waals surface area contributed by atoms with E-state index < -0.39 is 28.0 Å². The van der Waals surface area contributed by atoms with Crippen molar-refractivity contribution in [1.29, 1.82) is 0 Å². The lowest BCUT2D eigenvalue weighted by Crippen LogP contribution is -2.17. The maximum absolute atomic E-state index is 13.6. The molecule has 0 unspecified atom stereocenters. The van der Waals surface area contributed by atoms with Crippen LogP contribution in [0.3, 0.4) is 0 Å². The molecular formula is C12H11FN2O4. The third-order valence-electron chi connectivity index (χ3n) is 2.88. The summed E-state index contributed by atoms with van der Waals surface area (Å²) in [5.41, 5.74) is -1.14. The van der Waals surface area contributed by atoms with Crippen LogP contribution in [0.4, 0.5) is 15.8 Å². The van der Waals surface area contributed by atoms with E-state index >= 15 is 0 Å². The van der Waals surface area contributed by atoms with Crippen LogP contribution in [0.5, 0.6) is 0 Å². The highest BCUT2D eigenvalue weighted by Crippen LogP contribution is 2.30. The van der Waals surface area contributed by atoms with Gasteiger partial charge in [0.25, 0.3) is 5.69 Å². The Hall–Kier alpha value is -2.44. The first-order valence-corrected chi connectivity index (χ1v) is 5.62. The van der Waals surface area contributed by atoms with E-state index in [4.69, 9.17) is 5.11 Å². The molecule has 0 aromatic heterocycles. The van der Waals surface area contributed by atoms with Gasteiger partial charge in [0.2, 0.25) is 0 Å². The zero-order chi connectivity index (χ0) is 14.0. The number of benzene rings is 1. The van der Waals surface area contributed by atoms with Gasteiger partial charge in [-0.05, 0) is 12.8 Å². The molecule has 0 spiro atoms. The Kier molecular flexibility index (Phi) is 3.46. The fourth-order valence-electron chi connectivity index (χ4n) is 1.95. The molecule has 1 aliphatic carbocycles. The Balaban J connectivity index is 2.38. The van der Waals surface area contributed by atoms with E-state index in [0.29, 0.717) is 12.8 Å². The van der Waals surface area contributed by atoms with Gasteiger partial charge < -0.3 is 10.4 Å². The first kappa shape index (κ1) is 13.0. The molecule has 0 saturated heterocycles. The lowest BCUT2D eigenvalue weighted by atomic mass is 10.1. The van der Waals surface area contributed by atoms with Gasteiger partial charge >= 0.3 is 5.97 Å². The number of nitro benzene ring substituents is 1. The van der Waals surface area contributed by atoms with Gasteiger partial charge in [-0.1, -0.05) is 12.2 Å². The highest BCUT2D eigenvalue weighted by atomic mass is 19.1. The van der Waals surface area contributed by atoms with Crippen LogP contribution in [0.1, 0.15) is 23.2 Å². The van der Waals surface area contributed by atoms with Crippen molar-refractivity contribution < 1.29 is 19.2 Å². The normalized spacial score (nSPS) is 14.6. The minimum atomic E-state index is -1.53. The fraction of sp³-hybridized carbons (Fsp3) is 0.250. The molecule has 6 nitrogen and oxygen atoms in total. The summed E-state index contributed by atoms with van der Waals surface area (Å²) in [6.07, 6.45) is 5.23. The summed E-state index contributed by atoms with van der Waals surface area (Å²) in [5, 5.41) is 22.5. The number of anilines is 1. The number of nitro groups is 1. The van der Waals surface area contributed by atoms with E-state index in [2.05, 4.69) is 5.32 Å². The monoisotopic (exact) mass is 266 g/mol. The van der Waals surface area contributed by atoms with Crippen LogP contribution in [-0.2, 0) is 0 Å². The van der Waals surface area contributed by atoms with Crippen molar-refractivity contribution in [3.63, 3.8) is 0 Å². The topological polar surface area (TPSA) is 92.5 Å². The van der Waals surface area contributed by atoms with Gasteiger partial charge in [0.05, 0.1) is 4.92 Å². The predicted octanol–water partition coefficient (Wildman–Crippen LogP) is 2.56. The minimum absolute atomic E-state index is 0.00111. The largest absolute Gasteiger partial charge is 0.478 e. The molecule has 1 aromatic carbocycles. The van der Waals surface area contributed by atoms with Crippen molar-refractivity contribution in [2.24, 2.45) is 0 Å². The van der Waals surface area contributed by atoms with E-state index in [1.807, 2.05) is 12.2 Å². The number of nitrogens with zero attached hydrogens (tertiary/aromatic N) is 1. The number of nitrogens with one attached hydrogen (secondary N) is 1. The van der Waals surface area contributed by atoms with Crippen molar-refractivity contribution in [2.75, 3.05) is 5.32 Å².